The van der Waals surface area contributed by atoms with Crippen molar-refractivity contribution in [3.05, 3.63) is 17.5 Å². The third kappa shape index (κ3) is 5.70. The van der Waals surface area contributed by atoms with Crippen molar-refractivity contribution in [2.75, 3.05) is 19.8 Å². The molecule has 1 heterocycles. The van der Waals surface area contributed by atoms with E-state index in [1.165, 1.54) is 0 Å². The maximum atomic E-state index is 12.7. The summed E-state index contributed by atoms with van der Waals surface area (Å²) in [5, 5.41) is 5.81. The summed E-state index contributed by atoms with van der Waals surface area (Å²) in [4.78, 5) is 11.6. The van der Waals surface area contributed by atoms with Gasteiger partial charge in [0.1, 0.15) is 17.9 Å². The Morgan fingerprint density at radius 2 is 2.10 bits per heavy atom. The molecular formula is C12H17F4N3O2. The standard InChI is InChI=1S/C12H17F4N3O2/c1-2-21-5-3-4-17-10(20)7-19-9(12(15)16)6-8(18-19)11(13)14/h6,11-12H,2-5,7H2,1H3,(H,17,20). The largest absolute Gasteiger partial charge is 0.382 e. The molecule has 0 atom stereocenters. The number of amides is 1. The van der Waals surface area contributed by atoms with E-state index in [1.807, 2.05) is 6.92 Å². The van der Waals surface area contributed by atoms with E-state index in [0.717, 1.165) is 0 Å². The van der Waals surface area contributed by atoms with Gasteiger partial charge in [-0.2, -0.15) is 5.10 Å². The van der Waals surface area contributed by atoms with E-state index in [1.54, 1.807) is 0 Å². The molecule has 0 fully saturated rings. The summed E-state index contributed by atoms with van der Waals surface area (Å²) >= 11 is 0. The Kier molecular flexibility index (Phi) is 7.13. The van der Waals surface area contributed by atoms with Crippen LogP contribution in [0.2, 0.25) is 0 Å². The first-order valence-corrected chi connectivity index (χ1v) is 6.44. The SMILES string of the molecule is CCOCCCNC(=O)Cn1nc(C(F)F)cc1C(F)F. The van der Waals surface area contributed by atoms with Crippen molar-refractivity contribution in [2.24, 2.45) is 0 Å². The lowest BCUT2D eigenvalue weighted by atomic mass is 10.3. The molecule has 120 valence electrons. The highest BCUT2D eigenvalue weighted by Gasteiger charge is 2.22. The van der Waals surface area contributed by atoms with Gasteiger partial charge in [0.25, 0.3) is 12.9 Å². The Bertz CT molecular complexity index is 452. The number of halogens is 4. The van der Waals surface area contributed by atoms with E-state index in [0.29, 0.717) is 36.9 Å². The van der Waals surface area contributed by atoms with Crippen LogP contribution in [0.1, 0.15) is 37.6 Å². The average Bonchev–Trinajstić information content (AvgIpc) is 2.82. The number of hydrogen-bond acceptors (Lipinski definition) is 3. The molecule has 0 saturated carbocycles. The Morgan fingerprint density at radius 1 is 1.38 bits per heavy atom. The highest BCUT2D eigenvalue weighted by molar-refractivity contribution is 5.75. The van der Waals surface area contributed by atoms with Gasteiger partial charge in [0, 0.05) is 19.8 Å². The molecule has 1 rings (SSSR count). The smallest absolute Gasteiger partial charge is 0.282 e. The van der Waals surface area contributed by atoms with Crippen LogP contribution in [0, 0.1) is 0 Å². The number of rotatable bonds is 9. The van der Waals surface area contributed by atoms with Crippen molar-refractivity contribution in [1.29, 1.82) is 0 Å². The number of aromatic nitrogens is 2. The zero-order chi connectivity index (χ0) is 15.8. The van der Waals surface area contributed by atoms with E-state index in [9.17, 15) is 22.4 Å². The molecule has 0 aliphatic rings. The summed E-state index contributed by atoms with van der Waals surface area (Å²) in [6.45, 7) is 2.65. The monoisotopic (exact) mass is 311 g/mol. The van der Waals surface area contributed by atoms with Crippen LogP contribution < -0.4 is 5.32 Å². The molecule has 9 heteroatoms. The minimum absolute atomic E-state index is 0.311. The molecule has 0 unspecified atom stereocenters. The topological polar surface area (TPSA) is 56.1 Å². The Balaban J connectivity index is 2.54. The fraction of sp³-hybridized carbons (Fsp3) is 0.667. The number of carbonyl (C=O) groups is 1. The summed E-state index contributed by atoms with van der Waals surface area (Å²) in [5.41, 5.74) is -1.47. The van der Waals surface area contributed by atoms with Crippen molar-refractivity contribution >= 4 is 5.91 Å². The first-order chi connectivity index (χ1) is 9.95. The fourth-order valence-electron chi connectivity index (χ4n) is 1.60. The fourth-order valence-corrected chi connectivity index (χ4v) is 1.60. The molecule has 0 aliphatic carbocycles. The van der Waals surface area contributed by atoms with Crippen molar-refractivity contribution in [3.8, 4) is 0 Å². The summed E-state index contributed by atoms with van der Waals surface area (Å²) in [6, 6.07) is 0.609. The molecule has 0 bridgehead atoms. The highest BCUT2D eigenvalue weighted by atomic mass is 19.3. The number of nitrogens with zero attached hydrogens (tertiary/aromatic N) is 2. The van der Waals surface area contributed by atoms with Crippen LogP contribution in [0.4, 0.5) is 17.6 Å². The summed E-state index contributed by atoms with van der Waals surface area (Å²) < 4.78 is 55.9. The van der Waals surface area contributed by atoms with E-state index in [4.69, 9.17) is 4.74 Å². The van der Waals surface area contributed by atoms with E-state index >= 15 is 0 Å². The van der Waals surface area contributed by atoms with Gasteiger partial charge in [-0.15, -0.1) is 0 Å². The highest BCUT2D eigenvalue weighted by Crippen LogP contribution is 2.24. The van der Waals surface area contributed by atoms with Crippen LogP contribution >= 0.6 is 0 Å². The van der Waals surface area contributed by atoms with Gasteiger partial charge in [0.15, 0.2) is 0 Å². The summed E-state index contributed by atoms with van der Waals surface area (Å²) in [6.07, 6.45) is -5.36. The van der Waals surface area contributed by atoms with Gasteiger partial charge in [0.05, 0.1) is 0 Å². The molecule has 0 aliphatic heterocycles. The average molecular weight is 311 g/mol. The second kappa shape index (κ2) is 8.60. The Morgan fingerprint density at radius 3 is 2.67 bits per heavy atom. The lowest BCUT2D eigenvalue weighted by Gasteiger charge is -2.08. The minimum Gasteiger partial charge on any atom is -0.382 e. The van der Waals surface area contributed by atoms with Crippen LogP contribution in [0.25, 0.3) is 0 Å². The van der Waals surface area contributed by atoms with Gasteiger partial charge < -0.3 is 10.1 Å². The van der Waals surface area contributed by atoms with Crippen molar-refractivity contribution in [3.63, 3.8) is 0 Å². The molecule has 5 nitrogen and oxygen atoms in total. The van der Waals surface area contributed by atoms with Crippen molar-refractivity contribution in [2.45, 2.75) is 32.7 Å². The predicted molar refractivity (Wildman–Crippen MR) is 66.3 cm³/mol. The van der Waals surface area contributed by atoms with Gasteiger partial charge in [-0.25, -0.2) is 17.6 Å². The normalized spacial score (nSPS) is 11.4. The molecule has 21 heavy (non-hydrogen) atoms. The summed E-state index contributed by atoms with van der Waals surface area (Å²) in [7, 11) is 0. The molecule has 0 aromatic carbocycles. The van der Waals surface area contributed by atoms with Crippen LogP contribution in [0.5, 0.6) is 0 Å². The summed E-state index contributed by atoms with van der Waals surface area (Å²) in [5.74, 6) is -0.572. The van der Waals surface area contributed by atoms with E-state index < -0.39 is 36.7 Å². The lowest BCUT2D eigenvalue weighted by Crippen LogP contribution is -2.30. The third-order valence-electron chi connectivity index (χ3n) is 2.56. The van der Waals surface area contributed by atoms with E-state index in [2.05, 4.69) is 10.4 Å². The molecular weight excluding hydrogens is 294 g/mol. The Hall–Kier alpha value is -1.64. The van der Waals surface area contributed by atoms with Crippen molar-refractivity contribution < 1.29 is 27.1 Å². The Labute approximate surface area is 119 Å². The molecule has 0 radical (unpaired) electrons. The van der Waals surface area contributed by atoms with Crippen LogP contribution in [-0.4, -0.2) is 35.4 Å². The van der Waals surface area contributed by atoms with Crippen LogP contribution in [0.15, 0.2) is 6.07 Å². The number of alkyl halides is 4. The zero-order valence-electron chi connectivity index (χ0n) is 11.5. The maximum absolute atomic E-state index is 12.7. The molecule has 1 aromatic heterocycles. The second-order valence-electron chi connectivity index (χ2n) is 4.15. The molecule has 1 N–H and O–H groups in total. The molecule has 1 aromatic rings. The molecule has 1 amide bonds. The quantitative estimate of drug-likeness (QED) is 0.562. The van der Waals surface area contributed by atoms with E-state index in [-0.39, 0.29) is 0 Å². The van der Waals surface area contributed by atoms with Gasteiger partial charge in [0.2, 0.25) is 5.91 Å². The van der Waals surface area contributed by atoms with Gasteiger partial charge in [-0.3, -0.25) is 9.48 Å². The number of carbonyl (C=O) groups excluding carboxylic acids is 1. The lowest BCUT2D eigenvalue weighted by molar-refractivity contribution is -0.122. The van der Waals surface area contributed by atoms with Crippen molar-refractivity contribution in [1.82, 2.24) is 15.1 Å². The zero-order valence-corrected chi connectivity index (χ0v) is 11.5. The predicted octanol–water partition coefficient (Wildman–Crippen LogP) is 2.30. The minimum atomic E-state index is -2.98. The van der Waals surface area contributed by atoms with Gasteiger partial charge in [-0.05, 0) is 19.4 Å². The first-order valence-electron chi connectivity index (χ1n) is 6.44. The molecule has 0 saturated heterocycles. The third-order valence-corrected chi connectivity index (χ3v) is 2.56. The number of ether oxygens (including phenoxy) is 1. The van der Waals surface area contributed by atoms with Crippen LogP contribution in [-0.2, 0) is 16.1 Å². The second-order valence-corrected chi connectivity index (χ2v) is 4.15. The first kappa shape index (κ1) is 17.4. The van der Waals surface area contributed by atoms with Gasteiger partial charge in [-0.1, -0.05) is 0 Å². The molecule has 0 spiro atoms. The maximum Gasteiger partial charge on any atom is 0.282 e. The van der Waals surface area contributed by atoms with Crippen LogP contribution in [0.3, 0.4) is 0 Å². The number of nitrogens with one attached hydrogen (secondary N) is 1. The number of hydrogen-bond donors (Lipinski definition) is 1. The van der Waals surface area contributed by atoms with Gasteiger partial charge >= 0.3 is 0 Å².